The van der Waals surface area contributed by atoms with Crippen molar-refractivity contribution in [2.75, 3.05) is 11.5 Å². The molecule has 0 radical (unpaired) electrons. The van der Waals surface area contributed by atoms with Gasteiger partial charge in [0.15, 0.2) is 18.2 Å². The number of halogens is 1. The Kier molecular flexibility index (Phi) is 7.43. The lowest BCUT2D eigenvalue weighted by molar-refractivity contribution is -0.597. The molecule has 0 aliphatic rings. The van der Waals surface area contributed by atoms with E-state index in [4.69, 9.17) is 5.73 Å². The van der Waals surface area contributed by atoms with Crippen LogP contribution in [0.1, 0.15) is 27.7 Å². The summed E-state index contributed by atoms with van der Waals surface area (Å²) in [6.45, 7) is 3.62. The van der Waals surface area contributed by atoms with Gasteiger partial charge in [-0.15, -0.1) is 23.1 Å². The van der Waals surface area contributed by atoms with E-state index in [2.05, 4.69) is 24.3 Å². The number of hydrogen-bond donors (Lipinski definition) is 1. The van der Waals surface area contributed by atoms with Crippen molar-refractivity contribution >= 4 is 34.6 Å². The number of hydrogen-bond acceptors (Lipinski definition) is 4. The zero-order valence-electron chi connectivity index (χ0n) is 14.7. The van der Waals surface area contributed by atoms with Crippen molar-refractivity contribution in [2.24, 2.45) is 0 Å². The minimum atomic E-state index is 0. The first kappa shape index (κ1) is 20.7. The Morgan fingerprint density at radius 1 is 1.19 bits per heavy atom. The van der Waals surface area contributed by atoms with Crippen LogP contribution in [-0.4, -0.2) is 11.5 Å². The van der Waals surface area contributed by atoms with Gasteiger partial charge in [-0.3, -0.25) is 4.79 Å². The quantitative estimate of drug-likeness (QED) is 0.352. The highest BCUT2D eigenvalue weighted by Gasteiger charge is 2.26. The SMILES string of the molecule is CC(=O)c1sc(SCCc2ccccc2)c(-[n+]2cccc(C)c2)c1N.[Br-]. The molecule has 2 aromatic heterocycles. The number of ketones is 1. The molecule has 0 aliphatic carbocycles. The van der Waals surface area contributed by atoms with Crippen molar-refractivity contribution in [3.05, 3.63) is 70.9 Å². The maximum absolute atomic E-state index is 11.9. The van der Waals surface area contributed by atoms with Crippen molar-refractivity contribution in [1.82, 2.24) is 0 Å². The Labute approximate surface area is 173 Å². The molecule has 0 bridgehead atoms. The lowest BCUT2D eigenvalue weighted by Crippen LogP contribution is -3.00. The van der Waals surface area contributed by atoms with E-state index in [1.807, 2.05) is 42.1 Å². The first-order valence-electron chi connectivity index (χ1n) is 8.14. The molecule has 0 spiro atoms. The van der Waals surface area contributed by atoms with E-state index in [0.717, 1.165) is 27.6 Å². The van der Waals surface area contributed by atoms with Crippen LogP contribution >= 0.6 is 23.1 Å². The van der Waals surface area contributed by atoms with Crippen LogP contribution in [0.25, 0.3) is 5.69 Å². The van der Waals surface area contributed by atoms with Gasteiger partial charge >= 0.3 is 0 Å². The van der Waals surface area contributed by atoms with E-state index in [0.29, 0.717) is 10.6 Å². The van der Waals surface area contributed by atoms with Gasteiger partial charge in [0.05, 0.1) is 0 Å². The molecule has 3 nitrogen and oxygen atoms in total. The first-order chi connectivity index (χ1) is 12.1. The van der Waals surface area contributed by atoms with Crippen LogP contribution in [-0.2, 0) is 6.42 Å². The Morgan fingerprint density at radius 2 is 1.92 bits per heavy atom. The summed E-state index contributed by atoms with van der Waals surface area (Å²) in [4.78, 5) is 12.6. The number of nitrogen functional groups attached to an aromatic ring is 1. The largest absolute Gasteiger partial charge is 1.00 e. The predicted molar refractivity (Wildman–Crippen MR) is 106 cm³/mol. The van der Waals surface area contributed by atoms with Crippen molar-refractivity contribution < 1.29 is 26.3 Å². The monoisotopic (exact) mass is 448 g/mol. The number of thioether (sulfide) groups is 1. The lowest BCUT2D eigenvalue weighted by Gasteiger charge is -2.02. The highest BCUT2D eigenvalue weighted by Crippen LogP contribution is 2.39. The average molecular weight is 449 g/mol. The van der Waals surface area contributed by atoms with E-state index in [1.165, 1.54) is 16.9 Å². The van der Waals surface area contributed by atoms with E-state index in [9.17, 15) is 4.79 Å². The highest BCUT2D eigenvalue weighted by atomic mass is 79.9. The van der Waals surface area contributed by atoms with Crippen molar-refractivity contribution in [2.45, 2.75) is 24.5 Å². The average Bonchev–Trinajstić information content (AvgIpc) is 2.92. The Morgan fingerprint density at radius 3 is 2.58 bits per heavy atom. The molecular formula is C20H21BrN2OS2. The second-order valence-corrected chi connectivity index (χ2v) is 8.29. The first-order valence-corrected chi connectivity index (χ1v) is 9.94. The molecule has 0 fully saturated rings. The van der Waals surface area contributed by atoms with E-state index < -0.39 is 0 Å². The summed E-state index contributed by atoms with van der Waals surface area (Å²) in [6, 6.07) is 14.5. The molecule has 3 aromatic rings. The molecule has 6 heteroatoms. The fourth-order valence-corrected chi connectivity index (χ4v) is 5.11. The molecule has 0 atom stereocenters. The summed E-state index contributed by atoms with van der Waals surface area (Å²) < 4.78 is 3.12. The second-order valence-electron chi connectivity index (χ2n) is 5.91. The fourth-order valence-electron chi connectivity index (χ4n) is 2.66. The summed E-state index contributed by atoms with van der Waals surface area (Å²) in [5, 5.41) is 0. The molecule has 0 saturated heterocycles. The van der Waals surface area contributed by atoms with Crippen LogP contribution in [0.4, 0.5) is 5.69 Å². The normalized spacial score (nSPS) is 10.4. The van der Waals surface area contributed by atoms with Crippen LogP contribution in [0.2, 0.25) is 0 Å². The molecule has 2 heterocycles. The number of nitrogens with two attached hydrogens (primary N) is 1. The number of carbonyl (C=O) groups is 1. The van der Waals surface area contributed by atoms with E-state index >= 15 is 0 Å². The summed E-state index contributed by atoms with van der Waals surface area (Å²) >= 11 is 3.26. The molecule has 0 saturated carbocycles. The van der Waals surface area contributed by atoms with E-state index in [1.54, 1.807) is 18.7 Å². The van der Waals surface area contributed by atoms with Crippen LogP contribution in [0.15, 0.2) is 59.1 Å². The minimum Gasteiger partial charge on any atom is -1.00 e. The number of pyridine rings is 1. The summed E-state index contributed by atoms with van der Waals surface area (Å²) in [5.74, 6) is 0.965. The number of aromatic nitrogens is 1. The van der Waals surface area contributed by atoms with Crippen molar-refractivity contribution in [1.29, 1.82) is 0 Å². The Hall–Kier alpha value is -1.63. The number of Topliss-reactive ketones (excluding diaryl/α,β-unsaturated/α-hetero) is 1. The number of benzene rings is 1. The molecule has 0 amide bonds. The van der Waals surface area contributed by atoms with Gasteiger partial charge in [0.1, 0.15) is 14.8 Å². The number of rotatable bonds is 6. The van der Waals surface area contributed by atoms with Crippen molar-refractivity contribution in [3.63, 3.8) is 0 Å². The molecular weight excluding hydrogens is 428 g/mol. The summed E-state index contributed by atoms with van der Waals surface area (Å²) in [7, 11) is 0. The fraction of sp³-hybridized carbons (Fsp3) is 0.200. The summed E-state index contributed by atoms with van der Waals surface area (Å²) in [5.41, 5.74) is 10.3. The van der Waals surface area contributed by atoms with Gasteiger partial charge in [-0.05, 0) is 25.0 Å². The van der Waals surface area contributed by atoms with Crippen LogP contribution < -0.4 is 27.3 Å². The van der Waals surface area contributed by atoms with Gasteiger partial charge in [-0.2, -0.15) is 4.57 Å². The highest BCUT2D eigenvalue weighted by molar-refractivity contribution is 8.01. The van der Waals surface area contributed by atoms with Gasteiger partial charge in [-0.25, -0.2) is 0 Å². The van der Waals surface area contributed by atoms with Gasteiger partial charge in [0, 0.05) is 24.3 Å². The zero-order valence-corrected chi connectivity index (χ0v) is 18.0. The van der Waals surface area contributed by atoms with Crippen LogP contribution in [0.5, 0.6) is 0 Å². The second kappa shape index (κ2) is 9.35. The lowest BCUT2D eigenvalue weighted by atomic mass is 10.2. The van der Waals surface area contributed by atoms with Gasteiger partial charge in [0.25, 0.3) is 5.69 Å². The minimum absolute atomic E-state index is 0. The predicted octanol–water partition coefficient (Wildman–Crippen LogP) is 1.46. The number of aryl methyl sites for hydroxylation is 2. The molecule has 2 N–H and O–H groups in total. The third-order valence-corrected chi connectivity index (χ3v) is 6.44. The van der Waals surface area contributed by atoms with Crippen molar-refractivity contribution in [3.8, 4) is 5.69 Å². The number of carbonyl (C=O) groups excluding carboxylic acids is 1. The summed E-state index contributed by atoms with van der Waals surface area (Å²) in [6.07, 6.45) is 5.01. The topological polar surface area (TPSA) is 47.0 Å². The molecule has 136 valence electrons. The number of anilines is 1. The van der Waals surface area contributed by atoms with E-state index in [-0.39, 0.29) is 22.8 Å². The van der Waals surface area contributed by atoms with Crippen LogP contribution in [0, 0.1) is 6.92 Å². The third kappa shape index (κ3) is 4.75. The Bertz CT molecular complexity index is 894. The maximum Gasteiger partial charge on any atom is 0.259 e. The number of thiophene rings is 1. The maximum atomic E-state index is 11.9. The third-order valence-electron chi connectivity index (χ3n) is 3.88. The number of nitrogens with zero attached hydrogens (tertiary/aromatic N) is 1. The van der Waals surface area contributed by atoms with Gasteiger partial charge in [-0.1, -0.05) is 30.3 Å². The van der Waals surface area contributed by atoms with Crippen LogP contribution in [0.3, 0.4) is 0 Å². The Balaban J connectivity index is 0.00000243. The smallest absolute Gasteiger partial charge is 0.259 e. The van der Waals surface area contributed by atoms with Gasteiger partial charge in [0.2, 0.25) is 0 Å². The molecule has 1 aromatic carbocycles. The molecule has 3 rings (SSSR count). The zero-order chi connectivity index (χ0) is 17.8. The molecule has 26 heavy (non-hydrogen) atoms. The molecule has 0 unspecified atom stereocenters. The standard InChI is InChI=1S/C20H20N2OS2.BrH/c1-14-7-6-11-22(13-14)18-17(21)19(15(2)23)25-20(18)24-12-10-16-8-4-3-5-9-16;/h3-9,11,13H,10,12H2,1-2H3,(H-,21,23);1H. The molecule has 0 aliphatic heterocycles. The van der Waals surface area contributed by atoms with Gasteiger partial charge < -0.3 is 22.7 Å².